The number of carbonyl (C=O) groups is 4. The number of anilines is 2. The molecule has 4 amide bonds. The van der Waals surface area contributed by atoms with Gasteiger partial charge in [-0.25, -0.2) is 0 Å². The molecular formula is C47H49N5O6. The number of imide groups is 2. The van der Waals surface area contributed by atoms with Gasteiger partial charge >= 0.3 is 0 Å². The molecule has 298 valence electrons. The number of hydrogen-bond acceptors (Lipinski definition) is 9. The lowest BCUT2D eigenvalue weighted by Crippen LogP contribution is -2.60. The van der Waals surface area contributed by atoms with E-state index in [-0.39, 0.29) is 41.7 Å². The fourth-order valence-corrected chi connectivity index (χ4v) is 10.6. The number of nitrogens with zero attached hydrogens (tertiary/aromatic N) is 4. The van der Waals surface area contributed by atoms with Crippen molar-refractivity contribution in [2.75, 3.05) is 62.2 Å². The van der Waals surface area contributed by atoms with Crippen LogP contribution < -0.4 is 19.9 Å². The Morgan fingerprint density at radius 2 is 1.45 bits per heavy atom. The lowest BCUT2D eigenvalue weighted by Gasteiger charge is -2.55. The van der Waals surface area contributed by atoms with Crippen LogP contribution in [-0.2, 0) is 9.59 Å². The van der Waals surface area contributed by atoms with E-state index in [4.69, 9.17) is 4.74 Å². The maximum atomic E-state index is 13.4. The van der Waals surface area contributed by atoms with Gasteiger partial charge in [-0.2, -0.15) is 0 Å². The van der Waals surface area contributed by atoms with E-state index in [1.54, 1.807) is 18.2 Å². The highest BCUT2D eigenvalue weighted by Crippen LogP contribution is 2.48. The minimum atomic E-state index is -0.953. The molecule has 6 aliphatic rings. The summed E-state index contributed by atoms with van der Waals surface area (Å²) < 4.78 is 6.18. The molecule has 1 unspecified atom stereocenters. The van der Waals surface area contributed by atoms with Gasteiger partial charge in [0.2, 0.25) is 11.8 Å². The molecule has 11 nitrogen and oxygen atoms in total. The highest BCUT2D eigenvalue weighted by molar-refractivity contribution is 6.23. The number of benzene rings is 4. The standard InChI is InChI=1S/C47H49N5O6/c53-35-11-13-37-41(25-35)58-27-39(31-4-2-1-3-5-31)43(37)32-6-8-33(9-7-32)50-20-16-30(17-21-50)26-49-22-18-47(19-23-49)28-51(29-47)34-10-12-36-38(24-34)46(57)52(45(36)56)40-14-15-42(54)48-44(40)55/h1-13,24-25,30,39-40,43,53H,14-23,26-29H2,(H,48,54,55)/t39-,40?,43-/m1/s1. The summed E-state index contributed by atoms with van der Waals surface area (Å²) in [4.78, 5) is 59.2. The number of likely N-dealkylation sites (tertiary alicyclic amines) is 1. The van der Waals surface area contributed by atoms with Crippen molar-refractivity contribution < 1.29 is 29.0 Å². The molecule has 58 heavy (non-hydrogen) atoms. The predicted octanol–water partition coefficient (Wildman–Crippen LogP) is 5.92. The normalized spacial score (nSPS) is 24.6. The van der Waals surface area contributed by atoms with E-state index in [0.717, 1.165) is 80.6 Å². The second-order valence-corrected chi connectivity index (χ2v) is 17.4. The fraction of sp³-hybridized carbons (Fsp3) is 0.404. The molecular weight excluding hydrogens is 731 g/mol. The highest BCUT2D eigenvalue weighted by atomic mass is 16.5. The third kappa shape index (κ3) is 6.59. The van der Waals surface area contributed by atoms with Gasteiger partial charge in [0.1, 0.15) is 17.5 Å². The van der Waals surface area contributed by atoms with Gasteiger partial charge in [-0.1, -0.05) is 48.5 Å². The Hall–Kier alpha value is -5.68. The first-order valence-corrected chi connectivity index (χ1v) is 20.9. The zero-order valence-corrected chi connectivity index (χ0v) is 32.6. The average Bonchev–Trinajstić information content (AvgIpc) is 3.48. The van der Waals surface area contributed by atoms with Crippen LogP contribution in [0.25, 0.3) is 0 Å². The summed E-state index contributed by atoms with van der Waals surface area (Å²) in [6, 6.07) is 29.8. The zero-order valence-electron chi connectivity index (χ0n) is 32.6. The van der Waals surface area contributed by atoms with Crippen molar-refractivity contribution in [3.05, 3.63) is 119 Å². The number of piperidine rings is 3. The molecule has 4 saturated heterocycles. The van der Waals surface area contributed by atoms with E-state index in [9.17, 15) is 24.3 Å². The van der Waals surface area contributed by atoms with Gasteiger partial charge in [0.25, 0.3) is 11.8 Å². The van der Waals surface area contributed by atoms with Gasteiger partial charge in [0.15, 0.2) is 0 Å². The van der Waals surface area contributed by atoms with Crippen LogP contribution in [0.4, 0.5) is 11.4 Å². The largest absolute Gasteiger partial charge is 0.508 e. The van der Waals surface area contributed by atoms with E-state index in [1.807, 2.05) is 18.2 Å². The minimum Gasteiger partial charge on any atom is -0.508 e. The van der Waals surface area contributed by atoms with Crippen molar-refractivity contribution in [1.82, 2.24) is 15.1 Å². The molecule has 3 atom stereocenters. The van der Waals surface area contributed by atoms with E-state index < -0.39 is 23.8 Å². The van der Waals surface area contributed by atoms with Crippen LogP contribution in [0.15, 0.2) is 91.0 Å². The average molecular weight is 780 g/mol. The van der Waals surface area contributed by atoms with Crippen LogP contribution in [0.3, 0.4) is 0 Å². The van der Waals surface area contributed by atoms with Gasteiger partial charge in [-0.15, -0.1) is 0 Å². The maximum absolute atomic E-state index is 13.4. The molecule has 10 rings (SSSR count). The number of aromatic hydroxyl groups is 1. The molecule has 2 N–H and O–H groups in total. The van der Waals surface area contributed by atoms with E-state index in [1.165, 1.54) is 29.7 Å². The first-order chi connectivity index (χ1) is 28.2. The van der Waals surface area contributed by atoms with E-state index in [0.29, 0.717) is 23.7 Å². The third-order valence-electron chi connectivity index (χ3n) is 13.9. The smallest absolute Gasteiger partial charge is 0.262 e. The zero-order chi connectivity index (χ0) is 39.5. The molecule has 0 radical (unpaired) electrons. The van der Waals surface area contributed by atoms with E-state index >= 15 is 0 Å². The summed E-state index contributed by atoms with van der Waals surface area (Å²) in [5.41, 5.74) is 6.78. The topological polar surface area (TPSA) is 123 Å². The van der Waals surface area contributed by atoms with Crippen LogP contribution in [0, 0.1) is 11.3 Å². The van der Waals surface area contributed by atoms with Crippen molar-refractivity contribution >= 4 is 35.0 Å². The number of ether oxygens (including phenoxy) is 1. The Kier molecular flexibility index (Phi) is 9.23. The SMILES string of the molecule is O=C1CCC(N2C(=O)c3ccc(N4CC5(CCN(CC6CCN(c7ccc([C@@H]8c9ccc(O)cc9OC[C@@H]8c8ccccc8)cc7)CC6)CC5)C4)cc3C2=O)C(=O)N1. The molecule has 11 heteroatoms. The second kappa shape index (κ2) is 14.6. The summed E-state index contributed by atoms with van der Waals surface area (Å²) in [5.74, 6) is 0.100. The number of nitrogens with one attached hydrogen (secondary N) is 1. The number of phenolic OH excluding ortho intramolecular Hbond substituents is 1. The maximum Gasteiger partial charge on any atom is 0.262 e. The molecule has 0 aromatic heterocycles. The Bertz CT molecular complexity index is 2250. The molecule has 4 aromatic rings. The summed E-state index contributed by atoms with van der Waals surface area (Å²) in [7, 11) is 0. The van der Waals surface area contributed by atoms with Crippen LogP contribution in [0.1, 0.15) is 87.8 Å². The minimum absolute atomic E-state index is 0.108. The van der Waals surface area contributed by atoms with Crippen LogP contribution >= 0.6 is 0 Å². The quantitative estimate of drug-likeness (QED) is 0.220. The number of phenols is 1. The monoisotopic (exact) mass is 779 g/mol. The van der Waals surface area contributed by atoms with Gasteiger partial charge in [0, 0.05) is 79.4 Å². The molecule has 4 fully saturated rings. The molecule has 0 saturated carbocycles. The highest BCUT2D eigenvalue weighted by Gasteiger charge is 2.48. The van der Waals surface area contributed by atoms with E-state index in [2.05, 4.69) is 74.6 Å². The third-order valence-corrected chi connectivity index (χ3v) is 13.9. The molecule has 0 bridgehead atoms. The molecule has 0 aliphatic carbocycles. The summed E-state index contributed by atoms with van der Waals surface area (Å²) in [5, 5.41) is 12.4. The Morgan fingerprint density at radius 1 is 0.724 bits per heavy atom. The van der Waals surface area contributed by atoms with Gasteiger partial charge < -0.3 is 24.5 Å². The Labute approximate surface area is 338 Å². The Balaban J connectivity index is 0.712. The van der Waals surface area contributed by atoms with Gasteiger partial charge in [-0.3, -0.25) is 29.4 Å². The number of carbonyl (C=O) groups excluding carboxylic acids is 4. The Morgan fingerprint density at radius 3 is 2.19 bits per heavy atom. The van der Waals surface area contributed by atoms with Crippen molar-refractivity contribution in [2.24, 2.45) is 11.3 Å². The summed E-state index contributed by atoms with van der Waals surface area (Å²) >= 11 is 0. The summed E-state index contributed by atoms with van der Waals surface area (Å²) in [6.07, 6.45) is 4.95. The van der Waals surface area contributed by atoms with Crippen molar-refractivity contribution in [3.8, 4) is 11.5 Å². The first kappa shape index (κ1) is 36.6. The van der Waals surface area contributed by atoms with Crippen molar-refractivity contribution in [2.45, 2.75) is 56.4 Å². The number of hydrogen-bond donors (Lipinski definition) is 2. The lowest BCUT2D eigenvalue weighted by molar-refractivity contribution is -0.136. The second-order valence-electron chi connectivity index (χ2n) is 17.4. The molecule has 1 spiro atoms. The van der Waals surface area contributed by atoms with Crippen LogP contribution in [0.2, 0.25) is 0 Å². The van der Waals surface area contributed by atoms with Gasteiger partial charge in [-0.05, 0) is 98.6 Å². The number of fused-ring (bicyclic) bond motifs is 2. The molecule has 4 aromatic carbocycles. The van der Waals surface area contributed by atoms with Crippen LogP contribution in [0.5, 0.6) is 11.5 Å². The number of amides is 4. The van der Waals surface area contributed by atoms with Crippen molar-refractivity contribution in [3.63, 3.8) is 0 Å². The molecule has 6 heterocycles. The summed E-state index contributed by atoms with van der Waals surface area (Å²) in [6.45, 7) is 7.91. The molecule has 6 aliphatic heterocycles. The van der Waals surface area contributed by atoms with Gasteiger partial charge in [0.05, 0.1) is 17.7 Å². The van der Waals surface area contributed by atoms with Crippen LogP contribution in [-0.4, -0.2) is 97.0 Å². The number of rotatable bonds is 7. The van der Waals surface area contributed by atoms with Crippen molar-refractivity contribution in [1.29, 1.82) is 0 Å². The first-order valence-electron chi connectivity index (χ1n) is 20.9. The predicted molar refractivity (Wildman–Crippen MR) is 219 cm³/mol. The lowest BCUT2D eigenvalue weighted by atomic mass is 9.71. The fourth-order valence-electron chi connectivity index (χ4n) is 10.6.